The molecule has 0 fully saturated rings. The largest absolute Gasteiger partial charge is 0.463 e. The van der Waals surface area contributed by atoms with Gasteiger partial charge in [-0.05, 0) is 50.9 Å². The van der Waals surface area contributed by atoms with Crippen LogP contribution in [0.2, 0.25) is 0 Å². The number of allylic oxidation sites excluding steroid dienone is 6. The van der Waals surface area contributed by atoms with Crippen molar-refractivity contribution in [3.63, 3.8) is 0 Å². The third kappa shape index (κ3) is 29.3. The van der Waals surface area contributed by atoms with Crippen molar-refractivity contribution in [2.24, 2.45) is 5.92 Å². The van der Waals surface area contributed by atoms with Gasteiger partial charge in [-0.2, -0.15) is 0 Å². The van der Waals surface area contributed by atoms with Crippen molar-refractivity contribution >= 4 is 11.9 Å². The van der Waals surface area contributed by atoms with Crippen LogP contribution in [0.25, 0.3) is 0 Å². The number of carbonyl (C=O) groups excluding carboxylic acids is 2. The van der Waals surface area contributed by atoms with Gasteiger partial charge in [0.2, 0.25) is 0 Å². The van der Waals surface area contributed by atoms with Crippen molar-refractivity contribution in [1.82, 2.24) is 0 Å². The highest BCUT2D eigenvalue weighted by Gasteiger charge is 2.12. The number of hydrogen-bond acceptors (Lipinski definition) is 6. The van der Waals surface area contributed by atoms with Crippen molar-refractivity contribution in [2.45, 2.75) is 149 Å². The predicted octanol–water partition coefficient (Wildman–Crippen LogP) is 8.72. The van der Waals surface area contributed by atoms with Gasteiger partial charge in [0.05, 0.1) is 6.10 Å². The summed E-state index contributed by atoms with van der Waals surface area (Å²) < 4.78 is 10.2. The first-order valence-electron chi connectivity index (χ1n) is 16.7. The Morgan fingerprint density at radius 1 is 0.690 bits per heavy atom. The molecule has 2 unspecified atom stereocenters. The highest BCUT2D eigenvalue weighted by Crippen LogP contribution is 2.14. The van der Waals surface area contributed by atoms with E-state index in [1.807, 2.05) is 24.3 Å². The zero-order chi connectivity index (χ0) is 31.1. The van der Waals surface area contributed by atoms with E-state index >= 15 is 0 Å². The van der Waals surface area contributed by atoms with Crippen molar-refractivity contribution < 1.29 is 29.3 Å². The first kappa shape index (κ1) is 39.8. The van der Waals surface area contributed by atoms with E-state index in [1.165, 1.54) is 51.4 Å². The lowest BCUT2D eigenvalue weighted by Crippen LogP contribution is -2.25. The Hall–Kier alpha value is -2.18. The molecule has 0 saturated heterocycles. The lowest BCUT2D eigenvalue weighted by atomic mass is 10.00. The molecular formula is C36H62O6. The molecule has 3 atom stereocenters. The zero-order valence-electron chi connectivity index (χ0n) is 27.0. The quantitative estimate of drug-likeness (QED) is 0.0410. The molecule has 0 radical (unpaired) electrons. The standard InChI is InChI=1S/C36H62O6/c1-4-6-7-8-9-10-11-16-21-26-33(37)27-22-17-14-19-24-29-36(40)42-31-34(38)30-41-35(39)28-23-18-13-12-15-20-25-32(3)5-2/h9-10,14,16-17,21-22,27,32-34,37-38H,4-8,11-13,15,18-20,23-26,28-31H2,1-3H3/b10-9-,17-14+,21-16-,27-22-/t32?,33?,34-/m1/s1. The van der Waals surface area contributed by atoms with E-state index in [9.17, 15) is 19.8 Å². The van der Waals surface area contributed by atoms with Gasteiger partial charge in [-0.1, -0.05) is 127 Å². The van der Waals surface area contributed by atoms with Gasteiger partial charge in [0.25, 0.3) is 0 Å². The Kier molecular flexibility index (Phi) is 28.7. The molecule has 6 nitrogen and oxygen atoms in total. The lowest BCUT2D eigenvalue weighted by molar-refractivity contribution is -0.152. The summed E-state index contributed by atoms with van der Waals surface area (Å²) in [6, 6.07) is 0. The van der Waals surface area contributed by atoms with Crippen LogP contribution in [-0.4, -0.2) is 47.6 Å². The first-order valence-corrected chi connectivity index (χ1v) is 16.7. The van der Waals surface area contributed by atoms with E-state index < -0.39 is 12.2 Å². The second-order valence-electron chi connectivity index (χ2n) is 11.4. The monoisotopic (exact) mass is 590 g/mol. The summed E-state index contributed by atoms with van der Waals surface area (Å²) in [5.74, 6) is 0.117. The van der Waals surface area contributed by atoms with Crippen LogP contribution in [-0.2, 0) is 19.1 Å². The maximum Gasteiger partial charge on any atom is 0.305 e. The molecule has 0 aromatic carbocycles. The van der Waals surface area contributed by atoms with Crippen molar-refractivity contribution in [1.29, 1.82) is 0 Å². The van der Waals surface area contributed by atoms with Gasteiger partial charge in [0, 0.05) is 12.8 Å². The topological polar surface area (TPSA) is 93.1 Å². The molecule has 0 rings (SSSR count). The van der Waals surface area contributed by atoms with Crippen LogP contribution < -0.4 is 0 Å². The average Bonchev–Trinajstić information content (AvgIpc) is 2.98. The Morgan fingerprint density at radius 2 is 1.31 bits per heavy atom. The molecule has 0 saturated carbocycles. The van der Waals surface area contributed by atoms with Crippen LogP contribution in [0, 0.1) is 5.92 Å². The highest BCUT2D eigenvalue weighted by atomic mass is 16.6. The number of ether oxygens (including phenoxy) is 2. The van der Waals surface area contributed by atoms with E-state index in [0.29, 0.717) is 25.7 Å². The van der Waals surface area contributed by atoms with Crippen LogP contribution in [0.5, 0.6) is 0 Å². The molecule has 0 aromatic rings. The second kappa shape index (κ2) is 30.3. The van der Waals surface area contributed by atoms with E-state index in [1.54, 1.807) is 6.08 Å². The molecule has 42 heavy (non-hydrogen) atoms. The van der Waals surface area contributed by atoms with E-state index in [2.05, 4.69) is 39.0 Å². The smallest absolute Gasteiger partial charge is 0.305 e. The Bertz CT molecular complexity index is 754. The zero-order valence-corrected chi connectivity index (χ0v) is 27.0. The van der Waals surface area contributed by atoms with Crippen molar-refractivity contribution in [2.75, 3.05) is 13.2 Å². The Morgan fingerprint density at radius 3 is 2.00 bits per heavy atom. The van der Waals surface area contributed by atoms with E-state index in [-0.39, 0.29) is 31.6 Å². The summed E-state index contributed by atoms with van der Waals surface area (Å²) in [7, 11) is 0. The summed E-state index contributed by atoms with van der Waals surface area (Å²) in [6.45, 7) is 6.41. The van der Waals surface area contributed by atoms with Crippen LogP contribution >= 0.6 is 0 Å². The van der Waals surface area contributed by atoms with Gasteiger partial charge < -0.3 is 19.7 Å². The molecule has 0 aliphatic rings. The molecule has 0 aliphatic carbocycles. The Balaban J connectivity index is 3.71. The molecule has 0 aliphatic heterocycles. The molecule has 0 aromatic heterocycles. The summed E-state index contributed by atoms with van der Waals surface area (Å²) in [4.78, 5) is 23.7. The van der Waals surface area contributed by atoms with Gasteiger partial charge in [-0.3, -0.25) is 9.59 Å². The molecule has 0 amide bonds. The van der Waals surface area contributed by atoms with Crippen LogP contribution in [0.4, 0.5) is 0 Å². The van der Waals surface area contributed by atoms with E-state index in [4.69, 9.17) is 9.47 Å². The summed E-state index contributed by atoms with van der Waals surface area (Å²) in [5, 5.41) is 19.9. The molecule has 242 valence electrons. The summed E-state index contributed by atoms with van der Waals surface area (Å²) >= 11 is 0. The lowest BCUT2D eigenvalue weighted by Gasteiger charge is -2.12. The fraction of sp³-hybridized carbons (Fsp3) is 0.722. The number of aliphatic hydroxyl groups is 2. The van der Waals surface area contributed by atoms with Crippen molar-refractivity contribution in [3.05, 3.63) is 48.6 Å². The number of esters is 2. The Labute approximate surface area is 257 Å². The minimum Gasteiger partial charge on any atom is -0.463 e. The van der Waals surface area contributed by atoms with Gasteiger partial charge in [0.1, 0.15) is 19.3 Å². The SMILES string of the molecule is CCCCC/C=C\C/C=C\CC(O)/C=C\C=C\CCCC(=O)OC[C@H](O)COC(=O)CCCCCCCCC(C)CC. The molecular weight excluding hydrogens is 528 g/mol. The predicted molar refractivity (Wildman–Crippen MR) is 174 cm³/mol. The van der Waals surface area contributed by atoms with Gasteiger partial charge >= 0.3 is 11.9 Å². The first-order chi connectivity index (χ1) is 20.4. The highest BCUT2D eigenvalue weighted by molar-refractivity contribution is 5.69. The van der Waals surface area contributed by atoms with E-state index in [0.717, 1.165) is 38.0 Å². The maximum atomic E-state index is 11.9. The number of carbonyl (C=O) groups is 2. The fourth-order valence-corrected chi connectivity index (χ4v) is 4.19. The third-order valence-electron chi connectivity index (χ3n) is 7.19. The minimum absolute atomic E-state index is 0.158. The summed E-state index contributed by atoms with van der Waals surface area (Å²) in [6.07, 6.45) is 31.9. The van der Waals surface area contributed by atoms with Crippen LogP contribution in [0.1, 0.15) is 136 Å². The number of hydrogen-bond donors (Lipinski definition) is 2. The van der Waals surface area contributed by atoms with Gasteiger partial charge in [-0.15, -0.1) is 0 Å². The van der Waals surface area contributed by atoms with Crippen LogP contribution in [0.3, 0.4) is 0 Å². The number of rotatable bonds is 28. The summed E-state index contributed by atoms with van der Waals surface area (Å²) in [5.41, 5.74) is 0. The normalized spacial score (nSPS) is 14.3. The maximum absolute atomic E-state index is 11.9. The third-order valence-corrected chi connectivity index (χ3v) is 7.19. The van der Waals surface area contributed by atoms with Gasteiger partial charge in [-0.25, -0.2) is 0 Å². The molecule has 0 heterocycles. The average molecular weight is 591 g/mol. The number of aliphatic hydroxyl groups excluding tert-OH is 2. The van der Waals surface area contributed by atoms with Crippen LogP contribution in [0.15, 0.2) is 48.6 Å². The molecule has 0 spiro atoms. The molecule has 2 N–H and O–H groups in total. The van der Waals surface area contributed by atoms with Gasteiger partial charge in [0.15, 0.2) is 0 Å². The number of unbranched alkanes of at least 4 members (excludes halogenated alkanes) is 9. The second-order valence-corrected chi connectivity index (χ2v) is 11.4. The fourth-order valence-electron chi connectivity index (χ4n) is 4.19. The molecule has 0 bridgehead atoms. The minimum atomic E-state index is -1.01. The van der Waals surface area contributed by atoms with Crippen molar-refractivity contribution in [3.8, 4) is 0 Å². The molecule has 6 heteroatoms.